The number of carbonyl (C=O) groups excluding carboxylic acids is 1. The number of nitrogens with one attached hydrogen (secondary N) is 3. The van der Waals surface area contributed by atoms with Gasteiger partial charge >= 0.3 is 0 Å². The first-order valence-electron chi connectivity index (χ1n) is 9.03. The minimum atomic E-state index is -3.61. The van der Waals surface area contributed by atoms with Crippen LogP contribution in [0.2, 0.25) is 0 Å². The number of aromatic nitrogens is 1. The van der Waals surface area contributed by atoms with E-state index >= 15 is 0 Å². The van der Waals surface area contributed by atoms with Gasteiger partial charge in [-0.1, -0.05) is 6.42 Å². The summed E-state index contributed by atoms with van der Waals surface area (Å²) in [4.78, 5) is 15.5. The number of sulfonamides is 1. The molecular formula is C17H28N4O3S. The molecule has 0 aromatic carbocycles. The molecule has 2 unspecified atom stereocenters. The zero-order valence-corrected chi connectivity index (χ0v) is 15.6. The predicted molar refractivity (Wildman–Crippen MR) is 95.5 cm³/mol. The standard InChI is InChI=1S/C17H28N4O3S/c1-10(2)21-25(23,24)14-8-15(19-9-14)17(22)20-16-11-4-3-5-12(16)7-13(18)6-11/h8-13,16,19,21H,3-7,18H2,1-2H3,(H,20,22). The highest BCUT2D eigenvalue weighted by Gasteiger charge is 2.40. The van der Waals surface area contributed by atoms with Crippen molar-refractivity contribution < 1.29 is 13.2 Å². The van der Waals surface area contributed by atoms with Crippen LogP contribution in [0.15, 0.2) is 17.2 Å². The van der Waals surface area contributed by atoms with Crippen LogP contribution < -0.4 is 15.8 Å². The van der Waals surface area contributed by atoms with E-state index in [2.05, 4.69) is 15.0 Å². The fourth-order valence-corrected chi connectivity index (χ4v) is 5.54. The molecule has 5 N–H and O–H groups in total. The molecule has 0 saturated heterocycles. The molecule has 2 aliphatic carbocycles. The highest BCUT2D eigenvalue weighted by Crippen LogP contribution is 2.39. The maximum Gasteiger partial charge on any atom is 0.267 e. The summed E-state index contributed by atoms with van der Waals surface area (Å²) in [5.74, 6) is 0.600. The zero-order chi connectivity index (χ0) is 18.2. The lowest BCUT2D eigenvalue weighted by Gasteiger charge is -2.45. The Bertz CT molecular complexity index is 714. The molecule has 0 spiro atoms. The van der Waals surface area contributed by atoms with Gasteiger partial charge in [0, 0.05) is 24.3 Å². The van der Waals surface area contributed by atoms with E-state index in [0.29, 0.717) is 11.8 Å². The van der Waals surface area contributed by atoms with E-state index < -0.39 is 10.0 Å². The SMILES string of the molecule is CC(C)NS(=O)(=O)c1c[nH]c(C(=O)NC2C3CCCC2CC(N)C3)c1. The monoisotopic (exact) mass is 368 g/mol. The quantitative estimate of drug-likeness (QED) is 0.627. The molecule has 2 atom stereocenters. The molecule has 1 heterocycles. The number of fused-ring (bicyclic) bond motifs is 2. The maximum atomic E-state index is 12.6. The molecule has 1 amide bonds. The molecule has 3 rings (SSSR count). The van der Waals surface area contributed by atoms with Gasteiger partial charge in [-0.25, -0.2) is 13.1 Å². The van der Waals surface area contributed by atoms with E-state index in [4.69, 9.17) is 5.73 Å². The number of nitrogens with two attached hydrogens (primary N) is 1. The number of H-pyrrole nitrogens is 1. The Hall–Kier alpha value is -1.38. The molecule has 2 aliphatic rings. The van der Waals surface area contributed by atoms with Crippen LogP contribution in [0.1, 0.15) is 56.4 Å². The number of amides is 1. The number of carbonyl (C=O) groups is 1. The fourth-order valence-electron chi connectivity index (χ4n) is 4.29. The van der Waals surface area contributed by atoms with Gasteiger partial charge in [-0.05, 0) is 57.4 Å². The van der Waals surface area contributed by atoms with E-state index in [1.807, 2.05) is 0 Å². The number of rotatable bonds is 5. The van der Waals surface area contributed by atoms with Crippen LogP contribution in [-0.4, -0.2) is 37.4 Å². The van der Waals surface area contributed by atoms with Crippen molar-refractivity contribution in [3.05, 3.63) is 18.0 Å². The fraction of sp³-hybridized carbons (Fsp3) is 0.706. The van der Waals surface area contributed by atoms with Gasteiger partial charge in [0.25, 0.3) is 5.91 Å². The third-order valence-electron chi connectivity index (χ3n) is 5.28. The molecule has 0 radical (unpaired) electrons. The van der Waals surface area contributed by atoms with Crippen molar-refractivity contribution in [1.82, 2.24) is 15.0 Å². The van der Waals surface area contributed by atoms with Crippen molar-refractivity contribution in [2.45, 2.75) is 69.0 Å². The van der Waals surface area contributed by atoms with E-state index in [1.54, 1.807) is 13.8 Å². The van der Waals surface area contributed by atoms with E-state index in [1.165, 1.54) is 18.7 Å². The summed E-state index contributed by atoms with van der Waals surface area (Å²) in [5, 5.41) is 3.12. The molecule has 0 aliphatic heterocycles. The lowest BCUT2D eigenvalue weighted by molar-refractivity contribution is 0.0752. The highest BCUT2D eigenvalue weighted by atomic mass is 32.2. The Morgan fingerprint density at radius 2 is 1.92 bits per heavy atom. The van der Waals surface area contributed by atoms with Crippen LogP contribution in [0.5, 0.6) is 0 Å². The topological polar surface area (TPSA) is 117 Å². The van der Waals surface area contributed by atoms with Gasteiger partial charge < -0.3 is 16.0 Å². The molecule has 2 bridgehead atoms. The molecule has 1 aromatic rings. The van der Waals surface area contributed by atoms with Crippen LogP contribution in [0, 0.1) is 11.8 Å². The average molecular weight is 369 g/mol. The van der Waals surface area contributed by atoms with Gasteiger partial charge in [0.05, 0.1) is 0 Å². The van der Waals surface area contributed by atoms with Gasteiger partial charge in [0.1, 0.15) is 10.6 Å². The molecule has 2 saturated carbocycles. The molecule has 25 heavy (non-hydrogen) atoms. The Balaban J connectivity index is 1.70. The Morgan fingerprint density at radius 3 is 2.52 bits per heavy atom. The number of hydrogen-bond acceptors (Lipinski definition) is 4. The first-order chi connectivity index (χ1) is 11.8. The second-order valence-corrected chi connectivity index (χ2v) is 9.42. The van der Waals surface area contributed by atoms with E-state index in [0.717, 1.165) is 25.7 Å². The van der Waals surface area contributed by atoms with Gasteiger partial charge in [-0.2, -0.15) is 0 Å². The van der Waals surface area contributed by atoms with Crippen molar-refractivity contribution >= 4 is 15.9 Å². The summed E-state index contributed by atoms with van der Waals surface area (Å²) in [6.07, 6.45) is 6.64. The normalized spacial score (nSPS) is 29.6. The van der Waals surface area contributed by atoms with Crippen molar-refractivity contribution in [3.63, 3.8) is 0 Å². The molecular weight excluding hydrogens is 340 g/mol. The molecule has 1 aromatic heterocycles. The van der Waals surface area contributed by atoms with Crippen LogP contribution in [0.4, 0.5) is 0 Å². The van der Waals surface area contributed by atoms with Crippen LogP contribution in [0.3, 0.4) is 0 Å². The van der Waals surface area contributed by atoms with Crippen molar-refractivity contribution in [2.75, 3.05) is 0 Å². The van der Waals surface area contributed by atoms with Crippen molar-refractivity contribution in [2.24, 2.45) is 17.6 Å². The maximum absolute atomic E-state index is 12.6. The second-order valence-electron chi connectivity index (χ2n) is 7.71. The summed E-state index contributed by atoms with van der Waals surface area (Å²) in [6.45, 7) is 3.51. The minimum Gasteiger partial charge on any atom is -0.356 e. The molecule has 2 fully saturated rings. The molecule has 140 valence electrons. The lowest BCUT2D eigenvalue weighted by Crippen LogP contribution is -2.53. The van der Waals surface area contributed by atoms with E-state index in [-0.39, 0.29) is 34.6 Å². The first-order valence-corrected chi connectivity index (χ1v) is 10.5. The summed E-state index contributed by atoms with van der Waals surface area (Å²) >= 11 is 0. The third-order valence-corrected chi connectivity index (χ3v) is 6.91. The largest absolute Gasteiger partial charge is 0.356 e. The van der Waals surface area contributed by atoms with Crippen LogP contribution in [0.25, 0.3) is 0 Å². The summed E-state index contributed by atoms with van der Waals surface area (Å²) < 4.78 is 26.9. The van der Waals surface area contributed by atoms with E-state index in [9.17, 15) is 13.2 Å². The molecule has 7 nitrogen and oxygen atoms in total. The van der Waals surface area contributed by atoms with Gasteiger partial charge in [0.15, 0.2) is 0 Å². The molecule has 8 heteroatoms. The summed E-state index contributed by atoms with van der Waals surface area (Å²) in [7, 11) is -3.61. The van der Waals surface area contributed by atoms with Crippen LogP contribution >= 0.6 is 0 Å². The van der Waals surface area contributed by atoms with Crippen LogP contribution in [-0.2, 0) is 10.0 Å². The average Bonchev–Trinajstić information content (AvgIpc) is 2.97. The van der Waals surface area contributed by atoms with Gasteiger partial charge in [-0.15, -0.1) is 0 Å². The predicted octanol–water partition coefficient (Wildman–Crippen LogP) is 1.34. The van der Waals surface area contributed by atoms with Gasteiger partial charge in [0.2, 0.25) is 10.0 Å². The second kappa shape index (κ2) is 7.09. The number of aromatic amines is 1. The summed E-state index contributed by atoms with van der Waals surface area (Å²) in [6, 6.07) is 1.55. The third kappa shape index (κ3) is 4.07. The van der Waals surface area contributed by atoms with Gasteiger partial charge in [-0.3, -0.25) is 4.79 Å². The van der Waals surface area contributed by atoms with Crippen molar-refractivity contribution in [1.29, 1.82) is 0 Å². The first kappa shape index (κ1) is 18.4. The van der Waals surface area contributed by atoms with Crippen molar-refractivity contribution in [3.8, 4) is 0 Å². The number of hydrogen-bond donors (Lipinski definition) is 4. The highest BCUT2D eigenvalue weighted by molar-refractivity contribution is 7.89. The zero-order valence-electron chi connectivity index (χ0n) is 14.8. The Kier molecular flexibility index (Phi) is 5.22. The Labute approximate surface area is 149 Å². The Morgan fingerprint density at radius 1 is 1.28 bits per heavy atom. The lowest BCUT2D eigenvalue weighted by atomic mass is 9.67. The summed E-state index contributed by atoms with van der Waals surface area (Å²) in [5.41, 5.74) is 6.40. The smallest absolute Gasteiger partial charge is 0.267 e. The minimum absolute atomic E-state index is 0.0808.